The highest BCUT2D eigenvalue weighted by atomic mass is 19.1. The fraction of sp³-hybridized carbons (Fsp3) is 0.538. The number of aliphatic hydroxyl groups excluding tert-OH is 1. The van der Waals surface area contributed by atoms with Gasteiger partial charge in [0.15, 0.2) is 11.6 Å². The Balaban J connectivity index is 1.90. The molecule has 1 aliphatic rings. The molecular weight excluding hydrogens is 223 g/mol. The van der Waals surface area contributed by atoms with Gasteiger partial charge in [-0.3, -0.25) is 0 Å². The molecule has 1 aliphatic heterocycles. The Kier molecular flexibility index (Phi) is 3.97. The number of hydrogen-bond acceptors (Lipinski definition) is 3. The predicted octanol–water partition coefficient (Wildman–Crippen LogP) is 2.26. The van der Waals surface area contributed by atoms with Crippen LogP contribution in [0.2, 0.25) is 0 Å². The summed E-state index contributed by atoms with van der Waals surface area (Å²) in [5, 5.41) is 8.86. The van der Waals surface area contributed by atoms with Crippen molar-refractivity contribution in [1.82, 2.24) is 0 Å². The predicted molar refractivity (Wildman–Crippen MR) is 61.4 cm³/mol. The van der Waals surface area contributed by atoms with Gasteiger partial charge in [0.1, 0.15) is 6.61 Å². The molecule has 2 unspecified atom stereocenters. The molecule has 1 aromatic rings. The van der Waals surface area contributed by atoms with Gasteiger partial charge >= 0.3 is 0 Å². The first kappa shape index (κ1) is 12.3. The first-order valence-electron chi connectivity index (χ1n) is 5.86. The van der Waals surface area contributed by atoms with Crippen LogP contribution in [-0.4, -0.2) is 23.9 Å². The lowest BCUT2D eigenvalue weighted by Gasteiger charge is -2.13. The number of aliphatic hydroxyl groups is 1. The highest BCUT2D eigenvalue weighted by Crippen LogP contribution is 2.22. The van der Waals surface area contributed by atoms with E-state index >= 15 is 0 Å². The van der Waals surface area contributed by atoms with Crippen molar-refractivity contribution in [2.75, 3.05) is 6.61 Å². The highest BCUT2D eigenvalue weighted by molar-refractivity contribution is 5.29. The van der Waals surface area contributed by atoms with Crippen molar-refractivity contribution < 1.29 is 19.0 Å². The molecule has 0 spiro atoms. The Hall–Kier alpha value is -1.13. The maximum Gasteiger partial charge on any atom is 0.165 e. The Morgan fingerprint density at radius 2 is 2.29 bits per heavy atom. The summed E-state index contributed by atoms with van der Waals surface area (Å²) in [7, 11) is 0. The standard InChI is InChI=1S/C13H17FO3/c1-9-2-4-11(17-9)8-16-13-5-3-10(7-15)6-12(13)14/h3,5-6,9,11,15H,2,4,7-8H2,1H3. The number of rotatable bonds is 4. The zero-order valence-electron chi connectivity index (χ0n) is 9.86. The van der Waals surface area contributed by atoms with E-state index in [1.54, 1.807) is 12.1 Å². The van der Waals surface area contributed by atoms with Crippen molar-refractivity contribution in [1.29, 1.82) is 0 Å². The molecule has 17 heavy (non-hydrogen) atoms. The van der Waals surface area contributed by atoms with Crippen LogP contribution in [0.15, 0.2) is 18.2 Å². The van der Waals surface area contributed by atoms with Crippen LogP contribution in [-0.2, 0) is 11.3 Å². The molecule has 1 heterocycles. The summed E-state index contributed by atoms with van der Waals surface area (Å²) in [6.07, 6.45) is 2.31. The van der Waals surface area contributed by atoms with E-state index in [1.165, 1.54) is 6.07 Å². The Labute approximate surface area is 100 Å². The van der Waals surface area contributed by atoms with Crippen molar-refractivity contribution in [3.63, 3.8) is 0 Å². The maximum atomic E-state index is 13.5. The molecule has 1 saturated heterocycles. The van der Waals surface area contributed by atoms with Gasteiger partial charge in [0.05, 0.1) is 18.8 Å². The quantitative estimate of drug-likeness (QED) is 0.877. The van der Waals surface area contributed by atoms with Crippen LogP contribution < -0.4 is 4.74 Å². The highest BCUT2D eigenvalue weighted by Gasteiger charge is 2.22. The molecule has 0 saturated carbocycles. The zero-order valence-corrected chi connectivity index (χ0v) is 9.86. The summed E-state index contributed by atoms with van der Waals surface area (Å²) in [5.74, 6) is -0.229. The monoisotopic (exact) mass is 240 g/mol. The molecule has 94 valence electrons. The molecule has 3 nitrogen and oxygen atoms in total. The minimum Gasteiger partial charge on any atom is -0.488 e. The van der Waals surface area contributed by atoms with Crippen molar-refractivity contribution >= 4 is 0 Å². The van der Waals surface area contributed by atoms with Crippen LogP contribution in [0.4, 0.5) is 4.39 Å². The molecule has 0 bridgehead atoms. The van der Waals surface area contributed by atoms with Gasteiger partial charge in [-0.15, -0.1) is 0 Å². The van der Waals surface area contributed by atoms with Gasteiger partial charge in [-0.25, -0.2) is 4.39 Å². The van der Waals surface area contributed by atoms with E-state index in [-0.39, 0.29) is 24.6 Å². The molecule has 1 aromatic carbocycles. The molecule has 0 aliphatic carbocycles. The Morgan fingerprint density at radius 3 is 2.88 bits per heavy atom. The minimum absolute atomic E-state index is 0.0573. The van der Waals surface area contributed by atoms with Crippen molar-refractivity contribution in [2.24, 2.45) is 0 Å². The average molecular weight is 240 g/mol. The second-order valence-electron chi connectivity index (χ2n) is 4.38. The van der Waals surface area contributed by atoms with E-state index in [4.69, 9.17) is 14.6 Å². The zero-order chi connectivity index (χ0) is 12.3. The third kappa shape index (κ3) is 3.17. The van der Waals surface area contributed by atoms with E-state index in [2.05, 4.69) is 0 Å². The van der Waals surface area contributed by atoms with Crippen LogP contribution in [0, 0.1) is 5.82 Å². The number of hydrogen-bond donors (Lipinski definition) is 1. The van der Waals surface area contributed by atoms with E-state index in [0.29, 0.717) is 12.2 Å². The second kappa shape index (κ2) is 5.47. The molecule has 0 radical (unpaired) electrons. The largest absolute Gasteiger partial charge is 0.488 e. The molecule has 0 aromatic heterocycles. The van der Waals surface area contributed by atoms with E-state index < -0.39 is 5.82 Å². The third-order valence-corrected chi connectivity index (χ3v) is 2.92. The van der Waals surface area contributed by atoms with Crippen LogP contribution in [0.1, 0.15) is 25.3 Å². The fourth-order valence-electron chi connectivity index (χ4n) is 1.95. The van der Waals surface area contributed by atoms with Crippen LogP contribution >= 0.6 is 0 Å². The average Bonchev–Trinajstić information content (AvgIpc) is 2.73. The minimum atomic E-state index is -0.442. The summed E-state index contributed by atoms with van der Waals surface area (Å²) in [6, 6.07) is 4.48. The topological polar surface area (TPSA) is 38.7 Å². The van der Waals surface area contributed by atoms with Crippen LogP contribution in [0.25, 0.3) is 0 Å². The SMILES string of the molecule is CC1CCC(COc2ccc(CO)cc2F)O1. The smallest absolute Gasteiger partial charge is 0.165 e. The Bertz CT molecular complexity index is 381. The molecule has 2 rings (SSSR count). The normalized spacial score (nSPS) is 23.9. The third-order valence-electron chi connectivity index (χ3n) is 2.92. The molecule has 1 fully saturated rings. The van der Waals surface area contributed by atoms with E-state index in [1.807, 2.05) is 6.92 Å². The Morgan fingerprint density at radius 1 is 1.47 bits per heavy atom. The summed E-state index contributed by atoms with van der Waals surface area (Å²) in [4.78, 5) is 0. The summed E-state index contributed by atoms with van der Waals surface area (Å²) in [5.41, 5.74) is 0.542. The second-order valence-corrected chi connectivity index (χ2v) is 4.38. The van der Waals surface area contributed by atoms with E-state index in [9.17, 15) is 4.39 Å². The summed E-state index contributed by atoms with van der Waals surface area (Å²) < 4.78 is 24.5. The summed E-state index contributed by atoms with van der Waals surface area (Å²) >= 11 is 0. The van der Waals surface area contributed by atoms with Crippen molar-refractivity contribution in [2.45, 2.75) is 38.6 Å². The molecular formula is C13H17FO3. The molecule has 0 amide bonds. The van der Waals surface area contributed by atoms with Gasteiger partial charge in [0.25, 0.3) is 0 Å². The van der Waals surface area contributed by atoms with Crippen LogP contribution in [0.3, 0.4) is 0 Å². The van der Waals surface area contributed by atoms with Gasteiger partial charge in [0, 0.05) is 0 Å². The number of ether oxygens (including phenoxy) is 2. The molecule has 2 atom stereocenters. The fourth-order valence-corrected chi connectivity index (χ4v) is 1.95. The van der Waals surface area contributed by atoms with Crippen LogP contribution in [0.5, 0.6) is 5.75 Å². The van der Waals surface area contributed by atoms with E-state index in [0.717, 1.165) is 12.8 Å². The van der Waals surface area contributed by atoms with Crippen molar-refractivity contribution in [3.05, 3.63) is 29.6 Å². The van der Waals surface area contributed by atoms with Gasteiger partial charge in [0.2, 0.25) is 0 Å². The number of benzene rings is 1. The van der Waals surface area contributed by atoms with Gasteiger partial charge in [-0.2, -0.15) is 0 Å². The lowest BCUT2D eigenvalue weighted by molar-refractivity contribution is 0.0256. The van der Waals surface area contributed by atoms with Gasteiger partial charge in [-0.1, -0.05) is 6.07 Å². The summed E-state index contributed by atoms with van der Waals surface area (Å²) in [6.45, 7) is 2.23. The lowest BCUT2D eigenvalue weighted by Crippen LogP contribution is -2.18. The molecule has 4 heteroatoms. The molecule has 1 N–H and O–H groups in total. The number of halogens is 1. The van der Waals surface area contributed by atoms with Crippen molar-refractivity contribution in [3.8, 4) is 5.75 Å². The first-order chi connectivity index (χ1) is 8.19. The lowest BCUT2D eigenvalue weighted by atomic mass is 10.2. The van der Waals surface area contributed by atoms with Gasteiger partial charge in [-0.05, 0) is 37.5 Å². The van der Waals surface area contributed by atoms with Gasteiger partial charge < -0.3 is 14.6 Å². The first-order valence-corrected chi connectivity index (χ1v) is 5.86. The maximum absolute atomic E-state index is 13.5.